The molecule has 1 aliphatic rings. The highest BCUT2D eigenvalue weighted by Gasteiger charge is 2.35. The molecule has 2 atom stereocenters. The molecule has 0 radical (unpaired) electrons. The Kier molecular flexibility index (Phi) is 5.13. The predicted molar refractivity (Wildman–Crippen MR) is 99.7 cm³/mol. The van der Waals surface area contributed by atoms with Crippen LogP contribution in [0.25, 0.3) is 0 Å². The van der Waals surface area contributed by atoms with Crippen molar-refractivity contribution in [2.24, 2.45) is 11.5 Å². The number of nitrogens with one attached hydrogen (secondary N) is 1. The Labute approximate surface area is 157 Å². The molecule has 1 aliphatic carbocycles. The van der Waals surface area contributed by atoms with Crippen molar-refractivity contribution in [1.82, 2.24) is 14.8 Å². The minimum Gasteiger partial charge on any atom is -0.464 e. The predicted octanol–water partition coefficient (Wildman–Crippen LogP) is 1.74. The second-order valence-electron chi connectivity index (χ2n) is 7.05. The maximum atomic E-state index is 11.9. The quantitative estimate of drug-likeness (QED) is 0.679. The minimum atomic E-state index is -0.586. The Hall–Kier alpha value is -2.94. The molecule has 9 heteroatoms. The lowest BCUT2D eigenvalue weighted by Gasteiger charge is -2.38. The van der Waals surface area contributed by atoms with Crippen LogP contribution in [0.15, 0.2) is 24.5 Å². The van der Waals surface area contributed by atoms with Gasteiger partial charge in [-0.1, -0.05) is 12.8 Å². The zero-order valence-corrected chi connectivity index (χ0v) is 15.4. The Morgan fingerprint density at radius 2 is 2.15 bits per heavy atom. The highest BCUT2D eigenvalue weighted by molar-refractivity contribution is 5.98. The summed E-state index contributed by atoms with van der Waals surface area (Å²) in [5.41, 5.74) is 12.6. The molecular weight excluding hydrogens is 348 g/mol. The Morgan fingerprint density at radius 3 is 2.74 bits per heavy atom. The van der Waals surface area contributed by atoms with Gasteiger partial charge in [-0.15, -0.1) is 0 Å². The molecule has 144 valence electrons. The first kappa shape index (κ1) is 18.8. The number of pyridine rings is 1. The first-order valence-corrected chi connectivity index (χ1v) is 8.81. The third-order valence-corrected chi connectivity index (χ3v) is 4.94. The van der Waals surface area contributed by atoms with E-state index >= 15 is 0 Å². The van der Waals surface area contributed by atoms with E-state index in [4.69, 9.17) is 11.5 Å². The maximum absolute atomic E-state index is 11.9. The summed E-state index contributed by atoms with van der Waals surface area (Å²) in [5.74, 6) is -0.780. The number of anilines is 2. The second-order valence-corrected chi connectivity index (χ2v) is 7.05. The molecule has 5 N–H and O–H groups in total. The Morgan fingerprint density at radius 1 is 1.37 bits per heavy atom. The molecule has 0 bridgehead atoms. The molecule has 0 spiro atoms. The molecule has 1 fully saturated rings. The number of primary amides is 1. The van der Waals surface area contributed by atoms with Crippen molar-refractivity contribution in [3.05, 3.63) is 35.8 Å². The van der Waals surface area contributed by atoms with Gasteiger partial charge in [-0.2, -0.15) is 5.10 Å². The fourth-order valence-electron chi connectivity index (χ4n) is 3.43. The average molecular weight is 372 g/mol. The highest BCUT2D eigenvalue weighted by Crippen LogP contribution is 2.36. The monoisotopic (exact) mass is 372 g/mol. The van der Waals surface area contributed by atoms with Gasteiger partial charge < -0.3 is 21.5 Å². The number of hydrogen-bond acceptors (Lipinski definition) is 7. The topological polar surface area (TPSA) is 138 Å². The summed E-state index contributed by atoms with van der Waals surface area (Å²) in [6, 6.07) is 3.16. The van der Waals surface area contributed by atoms with Gasteiger partial charge in [-0.3, -0.25) is 9.48 Å². The van der Waals surface area contributed by atoms with Crippen LogP contribution in [-0.2, 0) is 4.74 Å². The van der Waals surface area contributed by atoms with Gasteiger partial charge in [0.15, 0.2) is 5.82 Å². The average Bonchev–Trinajstić information content (AvgIpc) is 3.05. The summed E-state index contributed by atoms with van der Waals surface area (Å²) < 4.78 is 6.36. The summed E-state index contributed by atoms with van der Waals surface area (Å²) in [7, 11) is 1.29. The highest BCUT2D eigenvalue weighted by atomic mass is 16.5. The van der Waals surface area contributed by atoms with Gasteiger partial charge in [-0.05, 0) is 31.9 Å². The van der Waals surface area contributed by atoms with E-state index in [1.165, 1.54) is 19.4 Å². The van der Waals surface area contributed by atoms with Gasteiger partial charge in [0.25, 0.3) is 5.91 Å². The van der Waals surface area contributed by atoms with Gasteiger partial charge in [0, 0.05) is 11.7 Å². The smallest absolute Gasteiger partial charge is 0.356 e. The zero-order chi connectivity index (χ0) is 19.6. The number of amides is 1. The number of carbonyl (C=O) groups excluding carboxylic acids is 2. The second kappa shape index (κ2) is 7.36. The van der Waals surface area contributed by atoms with Crippen molar-refractivity contribution >= 4 is 23.4 Å². The van der Waals surface area contributed by atoms with Crippen LogP contribution in [0.3, 0.4) is 0 Å². The van der Waals surface area contributed by atoms with E-state index in [-0.39, 0.29) is 17.3 Å². The standard InChI is InChI=1S/C18H24N6O3/c1-18(20)8-4-3-5-14(18)24-10-12(15(19)25)16(23-24)22-11-6-7-13(21-9-11)17(26)27-2/h6-7,9-10,14H,3-5,8,20H2,1-2H3,(H2,19,25)(H,22,23). The molecule has 2 heterocycles. The van der Waals surface area contributed by atoms with Gasteiger partial charge in [0.2, 0.25) is 0 Å². The van der Waals surface area contributed by atoms with Crippen LogP contribution >= 0.6 is 0 Å². The third-order valence-electron chi connectivity index (χ3n) is 4.94. The van der Waals surface area contributed by atoms with E-state index in [0.717, 1.165) is 25.7 Å². The summed E-state index contributed by atoms with van der Waals surface area (Å²) in [5, 5.41) is 7.56. The van der Waals surface area contributed by atoms with Crippen molar-refractivity contribution in [2.75, 3.05) is 12.4 Å². The van der Waals surface area contributed by atoms with Crippen molar-refractivity contribution in [3.63, 3.8) is 0 Å². The van der Waals surface area contributed by atoms with Gasteiger partial charge in [0.05, 0.1) is 25.0 Å². The van der Waals surface area contributed by atoms with Crippen LogP contribution in [0, 0.1) is 0 Å². The maximum Gasteiger partial charge on any atom is 0.356 e. The van der Waals surface area contributed by atoms with E-state index in [2.05, 4.69) is 20.1 Å². The minimum absolute atomic E-state index is 0.0141. The number of aromatic nitrogens is 3. The van der Waals surface area contributed by atoms with Gasteiger partial charge >= 0.3 is 5.97 Å². The van der Waals surface area contributed by atoms with E-state index < -0.39 is 17.4 Å². The molecular formula is C18H24N6O3. The number of methoxy groups -OCH3 is 1. The van der Waals surface area contributed by atoms with Gasteiger partial charge in [-0.25, -0.2) is 9.78 Å². The number of rotatable bonds is 5. The molecule has 0 aromatic carbocycles. The number of esters is 1. The van der Waals surface area contributed by atoms with Crippen molar-refractivity contribution in [3.8, 4) is 0 Å². The first-order valence-electron chi connectivity index (χ1n) is 8.81. The first-order chi connectivity index (χ1) is 12.8. The van der Waals surface area contributed by atoms with Crippen molar-refractivity contribution in [1.29, 1.82) is 0 Å². The molecule has 0 aliphatic heterocycles. The van der Waals surface area contributed by atoms with Crippen LogP contribution in [0.1, 0.15) is 59.5 Å². The molecule has 27 heavy (non-hydrogen) atoms. The molecule has 9 nitrogen and oxygen atoms in total. The lowest BCUT2D eigenvalue weighted by molar-refractivity contribution is 0.0594. The summed E-state index contributed by atoms with van der Waals surface area (Å²) in [6.07, 6.45) is 7.03. The third kappa shape index (κ3) is 3.92. The zero-order valence-electron chi connectivity index (χ0n) is 15.4. The molecule has 3 rings (SSSR count). The molecule has 2 aromatic heterocycles. The lowest BCUT2D eigenvalue weighted by atomic mass is 9.80. The number of nitrogens with two attached hydrogens (primary N) is 2. The normalized spacial score (nSPS) is 22.3. The summed E-state index contributed by atoms with van der Waals surface area (Å²) in [4.78, 5) is 27.4. The fourth-order valence-corrected chi connectivity index (χ4v) is 3.43. The lowest BCUT2D eigenvalue weighted by Crippen LogP contribution is -2.47. The van der Waals surface area contributed by atoms with Crippen LogP contribution in [0.4, 0.5) is 11.5 Å². The molecule has 1 amide bonds. The number of hydrogen-bond donors (Lipinski definition) is 3. The summed E-state index contributed by atoms with van der Waals surface area (Å²) >= 11 is 0. The summed E-state index contributed by atoms with van der Waals surface area (Å²) in [6.45, 7) is 2.00. The van der Waals surface area contributed by atoms with E-state index in [0.29, 0.717) is 11.5 Å². The van der Waals surface area contributed by atoms with Crippen LogP contribution < -0.4 is 16.8 Å². The number of ether oxygens (including phenoxy) is 1. The van der Waals surface area contributed by atoms with E-state index in [9.17, 15) is 9.59 Å². The van der Waals surface area contributed by atoms with Crippen molar-refractivity contribution in [2.45, 2.75) is 44.2 Å². The van der Waals surface area contributed by atoms with E-state index in [1.807, 2.05) is 6.92 Å². The number of carbonyl (C=O) groups is 2. The van der Waals surface area contributed by atoms with Crippen LogP contribution in [0.5, 0.6) is 0 Å². The molecule has 2 aromatic rings. The Bertz CT molecular complexity index is 843. The molecule has 1 saturated carbocycles. The fraction of sp³-hybridized carbons (Fsp3) is 0.444. The van der Waals surface area contributed by atoms with Crippen LogP contribution in [0.2, 0.25) is 0 Å². The van der Waals surface area contributed by atoms with Crippen LogP contribution in [-0.4, -0.2) is 39.3 Å². The van der Waals surface area contributed by atoms with Gasteiger partial charge in [0.1, 0.15) is 11.3 Å². The van der Waals surface area contributed by atoms with Crippen molar-refractivity contribution < 1.29 is 14.3 Å². The number of nitrogens with zero attached hydrogens (tertiary/aromatic N) is 3. The SMILES string of the molecule is COC(=O)c1ccc(Nc2nn(C3CCCCC3(C)N)cc2C(N)=O)cn1. The Balaban J connectivity index is 1.88. The largest absolute Gasteiger partial charge is 0.464 e. The molecule has 0 saturated heterocycles. The molecule has 2 unspecified atom stereocenters. The van der Waals surface area contributed by atoms with E-state index in [1.54, 1.807) is 16.9 Å².